The van der Waals surface area contributed by atoms with Crippen molar-refractivity contribution in [2.45, 2.75) is 51.4 Å². The van der Waals surface area contributed by atoms with Gasteiger partial charge in [-0.2, -0.15) is 5.10 Å². The maximum Gasteiger partial charge on any atom is 0.159 e. The highest BCUT2D eigenvalue weighted by molar-refractivity contribution is 5.23. The molecule has 1 N–H and O–H groups in total. The molecule has 1 aromatic carbocycles. The minimum atomic E-state index is -0.869. The van der Waals surface area contributed by atoms with Crippen LogP contribution in [0.1, 0.15) is 44.6 Å². The molecule has 24 heavy (non-hydrogen) atoms. The minimum absolute atomic E-state index is 0.180. The van der Waals surface area contributed by atoms with Gasteiger partial charge in [0.05, 0.1) is 18.2 Å². The Hall–Kier alpha value is -1.86. The summed E-state index contributed by atoms with van der Waals surface area (Å²) in [5.74, 6) is -0.952. The summed E-state index contributed by atoms with van der Waals surface area (Å²) in [6, 6.07) is 3.73. The second kappa shape index (κ2) is 6.22. The van der Waals surface area contributed by atoms with Crippen LogP contribution in [-0.4, -0.2) is 37.4 Å². The maximum absolute atomic E-state index is 13.6. The third-order valence-electron chi connectivity index (χ3n) is 4.31. The van der Waals surface area contributed by atoms with Crippen LogP contribution < -0.4 is 0 Å². The van der Waals surface area contributed by atoms with Crippen LogP contribution in [0.4, 0.5) is 8.78 Å². The van der Waals surface area contributed by atoms with E-state index in [0.717, 1.165) is 11.9 Å². The molecule has 3 rings (SSSR count). The molecule has 0 saturated carbocycles. The van der Waals surface area contributed by atoms with Gasteiger partial charge in [-0.05, 0) is 44.9 Å². The van der Waals surface area contributed by atoms with E-state index in [0.29, 0.717) is 25.1 Å². The topological polar surface area (TPSA) is 54.2 Å². The molecule has 1 saturated heterocycles. The Balaban J connectivity index is 1.86. The van der Waals surface area contributed by atoms with E-state index >= 15 is 0 Å². The summed E-state index contributed by atoms with van der Waals surface area (Å²) in [7, 11) is 0. The van der Waals surface area contributed by atoms with Crippen LogP contribution in [0.25, 0.3) is 0 Å². The molecule has 130 valence electrons. The van der Waals surface area contributed by atoms with Gasteiger partial charge in [0.25, 0.3) is 0 Å². The third kappa shape index (κ3) is 3.32. The minimum Gasteiger partial charge on any atom is -0.392 e. The number of halogens is 2. The molecule has 1 fully saturated rings. The van der Waals surface area contributed by atoms with Crippen molar-refractivity contribution in [2.24, 2.45) is 0 Å². The van der Waals surface area contributed by atoms with Crippen molar-refractivity contribution in [1.82, 2.24) is 19.7 Å². The Morgan fingerprint density at radius 1 is 1.25 bits per heavy atom. The molecule has 0 bridgehead atoms. The Bertz CT molecular complexity index is 726. The monoisotopic (exact) mass is 336 g/mol. The number of hydrogen-bond donors (Lipinski definition) is 1. The zero-order valence-electron chi connectivity index (χ0n) is 14.1. The summed E-state index contributed by atoms with van der Waals surface area (Å²) in [4.78, 5) is 6.36. The molecule has 0 spiro atoms. The largest absolute Gasteiger partial charge is 0.392 e. The first-order valence-electron chi connectivity index (χ1n) is 8.02. The molecule has 1 aliphatic heterocycles. The van der Waals surface area contributed by atoms with Gasteiger partial charge >= 0.3 is 0 Å². The van der Waals surface area contributed by atoms with Crippen LogP contribution in [0.5, 0.6) is 0 Å². The Kier molecular flexibility index (Phi) is 4.40. The average Bonchev–Trinajstić information content (AvgIpc) is 3.09. The molecule has 2 atom stereocenters. The van der Waals surface area contributed by atoms with Gasteiger partial charge in [-0.25, -0.2) is 18.4 Å². The van der Waals surface area contributed by atoms with E-state index in [1.54, 1.807) is 6.07 Å². The molecule has 2 aromatic rings. The number of aliphatic hydroxyl groups is 1. The normalized spacial score (nSPS) is 22.2. The smallest absolute Gasteiger partial charge is 0.159 e. The summed E-state index contributed by atoms with van der Waals surface area (Å²) < 4.78 is 28.6. The van der Waals surface area contributed by atoms with Crippen molar-refractivity contribution >= 4 is 0 Å². The Labute approximate surface area is 139 Å². The summed E-state index contributed by atoms with van der Waals surface area (Å²) in [6.45, 7) is 7.06. The summed E-state index contributed by atoms with van der Waals surface area (Å²) in [5, 5.41) is 14.3. The zero-order valence-corrected chi connectivity index (χ0v) is 14.1. The van der Waals surface area contributed by atoms with E-state index in [4.69, 9.17) is 0 Å². The number of rotatable bonds is 3. The lowest BCUT2D eigenvalue weighted by Gasteiger charge is -2.27. The van der Waals surface area contributed by atoms with Crippen molar-refractivity contribution in [3.8, 4) is 0 Å². The van der Waals surface area contributed by atoms with Crippen molar-refractivity contribution in [1.29, 1.82) is 0 Å². The van der Waals surface area contributed by atoms with Gasteiger partial charge in [0, 0.05) is 12.6 Å². The molecule has 1 aromatic heterocycles. The number of aliphatic hydroxyl groups excluding tert-OH is 1. The highest BCUT2D eigenvalue weighted by Gasteiger charge is 2.34. The van der Waals surface area contributed by atoms with Gasteiger partial charge in [-0.15, -0.1) is 0 Å². The van der Waals surface area contributed by atoms with E-state index in [1.807, 2.05) is 30.4 Å². The highest BCUT2D eigenvalue weighted by atomic mass is 19.2. The second-order valence-corrected chi connectivity index (χ2v) is 7.27. The summed E-state index contributed by atoms with van der Waals surface area (Å²) in [5.41, 5.74) is 0.453. The highest BCUT2D eigenvalue weighted by Crippen LogP contribution is 2.34. The molecular formula is C17H22F2N4O. The molecular weight excluding hydrogens is 314 g/mol. The molecule has 0 aliphatic carbocycles. The van der Waals surface area contributed by atoms with E-state index < -0.39 is 17.7 Å². The lowest BCUT2D eigenvalue weighted by Crippen LogP contribution is -2.31. The van der Waals surface area contributed by atoms with Gasteiger partial charge in [0.15, 0.2) is 11.6 Å². The number of aromatic nitrogens is 3. The number of benzene rings is 1. The van der Waals surface area contributed by atoms with Crippen molar-refractivity contribution in [3.05, 3.63) is 47.5 Å². The van der Waals surface area contributed by atoms with Gasteiger partial charge in [0.2, 0.25) is 0 Å². The lowest BCUT2D eigenvalue weighted by atomic mass is 10.0. The quantitative estimate of drug-likeness (QED) is 0.936. The van der Waals surface area contributed by atoms with Gasteiger partial charge in [-0.1, -0.05) is 6.07 Å². The van der Waals surface area contributed by atoms with Crippen LogP contribution in [-0.2, 0) is 12.1 Å². The first kappa shape index (κ1) is 17.0. The fourth-order valence-corrected chi connectivity index (χ4v) is 3.24. The van der Waals surface area contributed by atoms with E-state index in [2.05, 4.69) is 10.1 Å². The lowest BCUT2D eigenvalue weighted by molar-refractivity contribution is 0.168. The molecule has 0 radical (unpaired) electrons. The predicted molar refractivity (Wildman–Crippen MR) is 85.2 cm³/mol. The molecule has 0 unspecified atom stereocenters. The average molecular weight is 336 g/mol. The van der Waals surface area contributed by atoms with Crippen LogP contribution in [0.2, 0.25) is 0 Å². The van der Waals surface area contributed by atoms with Gasteiger partial charge in [0.1, 0.15) is 12.2 Å². The van der Waals surface area contributed by atoms with Crippen LogP contribution >= 0.6 is 0 Å². The molecule has 0 amide bonds. The number of nitrogens with zero attached hydrogens (tertiary/aromatic N) is 4. The molecule has 1 aliphatic rings. The Morgan fingerprint density at radius 3 is 2.67 bits per heavy atom. The maximum atomic E-state index is 13.6. The fourth-order valence-electron chi connectivity index (χ4n) is 3.24. The van der Waals surface area contributed by atoms with E-state index in [-0.39, 0.29) is 11.6 Å². The van der Waals surface area contributed by atoms with Crippen molar-refractivity contribution in [3.63, 3.8) is 0 Å². The van der Waals surface area contributed by atoms with Gasteiger partial charge < -0.3 is 5.11 Å². The van der Waals surface area contributed by atoms with Crippen LogP contribution in [0, 0.1) is 11.6 Å². The summed E-state index contributed by atoms with van der Waals surface area (Å²) >= 11 is 0. The Morgan fingerprint density at radius 2 is 2.00 bits per heavy atom. The number of likely N-dealkylation sites (tertiary alicyclic amines) is 1. The first-order chi connectivity index (χ1) is 11.3. The number of β-amino-alcohol motifs (C(OH)–C–C–N with tert-alkyl or cyclic N) is 1. The zero-order chi connectivity index (χ0) is 17.5. The molecule has 2 heterocycles. The summed E-state index contributed by atoms with van der Waals surface area (Å²) in [6.07, 6.45) is 1.49. The van der Waals surface area contributed by atoms with Crippen molar-refractivity contribution in [2.75, 3.05) is 6.54 Å². The predicted octanol–water partition coefficient (Wildman–Crippen LogP) is 2.62. The first-order valence-corrected chi connectivity index (χ1v) is 8.02. The van der Waals surface area contributed by atoms with E-state index in [1.165, 1.54) is 12.4 Å². The van der Waals surface area contributed by atoms with Gasteiger partial charge in [-0.3, -0.25) is 4.90 Å². The SMILES string of the molecule is CC(C)(C)n1ncnc1CN1C[C@H](O)C[C@H]1c1ccc(F)c(F)c1. The number of hydrogen-bond acceptors (Lipinski definition) is 4. The van der Waals surface area contributed by atoms with Crippen LogP contribution in [0.15, 0.2) is 24.5 Å². The molecule has 5 nitrogen and oxygen atoms in total. The van der Waals surface area contributed by atoms with E-state index in [9.17, 15) is 13.9 Å². The fraction of sp³-hybridized carbons (Fsp3) is 0.529. The van der Waals surface area contributed by atoms with Crippen LogP contribution in [0.3, 0.4) is 0 Å². The second-order valence-electron chi connectivity index (χ2n) is 7.27. The standard InChI is InChI=1S/C17H22F2N4O/c1-17(2,3)23-16(20-10-21-23)9-22-8-12(24)7-15(22)11-4-5-13(18)14(19)6-11/h4-6,10,12,15,24H,7-9H2,1-3H3/t12-,15+/m1/s1. The van der Waals surface area contributed by atoms with Crippen molar-refractivity contribution < 1.29 is 13.9 Å². The third-order valence-corrected chi connectivity index (χ3v) is 4.31. The molecule has 7 heteroatoms.